The zero-order valence-corrected chi connectivity index (χ0v) is 13.2. The average molecular weight is 288 g/mol. The summed E-state index contributed by atoms with van der Waals surface area (Å²) in [4.78, 5) is 9.08. The first-order valence-corrected chi connectivity index (χ1v) is 7.52. The number of hydrogen-bond acceptors (Lipinski definition) is 2. The van der Waals surface area contributed by atoms with Crippen molar-refractivity contribution in [2.24, 2.45) is 0 Å². The third kappa shape index (κ3) is 3.06. The van der Waals surface area contributed by atoms with Crippen LogP contribution < -0.4 is 0 Å². The summed E-state index contributed by atoms with van der Waals surface area (Å²) in [6, 6.07) is 18.6. The van der Waals surface area contributed by atoms with Gasteiger partial charge in [0.2, 0.25) is 0 Å². The second-order valence-electron chi connectivity index (χ2n) is 6.48. The van der Waals surface area contributed by atoms with Gasteiger partial charge in [0.05, 0.1) is 5.69 Å². The highest BCUT2D eigenvalue weighted by atomic mass is 14.7. The van der Waals surface area contributed by atoms with Gasteiger partial charge >= 0.3 is 0 Å². The van der Waals surface area contributed by atoms with Crippen LogP contribution in [-0.2, 0) is 5.41 Å². The van der Waals surface area contributed by atoms with E-state index in [4.69, 9.17) is 0 Å². The zero-order chi connectivity index (χ0) is 15.6. The van der Waals surface area contributed by atoms with Crippen molar-refractivity contribution in [2.75, 3.05) is 0 Å². The smallest absolute Gasteiger partial charge is 0.0708 e. The molecule has 0 spiro atoms. The Morgan fingerprint density at radius 3 is 2.14 bits per heavy atom. The second-order valence-corrected chi connectivity index (χ2v) is 6.48. The van der Waals surface area contributed by atoms with Crippen molar-refractivity contribution in [1.82, 2.24) is 9.97 Å². The Balaban J connectivity index is 1.96. The fraction of sp³-hybridized carbons (Fsp3) is 0.200. The van der Waals surface area contributed by atoms with Crippen molar-refractivity contribution < 1.29 is 0 Å². The third-order valence-corrected chi connectivity index (χ3v) is 3.69. The Kier molecular flexibility index (Phi) is 3.76. The molecule has 0 N–H and O–H groups in total. The van der Waals surface area contributed by atoms with E-state index in [0.29, 0.717) is 0 Å². The van der Waals surface area contributed by atoms with Crippen LogP contribution in [0.4, 0.5) is 0 Å². The van der Waals surface area contributed by atoms with Crippen molar-refractivity contribution in [3.63, 3.8) is 0 Å². The molecule has 3 rings (SSSR count). The standard InChI is InChI=1S/C20H20N2/c1-20(2,3)19-10-9-17(14-22-19)16-11-12-21-18(13-16)15-7-5-4-6-8-15/h4-14H,1-3H3. The molecular weight excluding hydrogens is 268 g/mol. The van der Waals surface area contributed by atoms with Crippen LogP contribution in [-0.4, -0.2) is 9.97 Å². The van der Waals surface area contributed by atoms with E-state index in [2.05, 4.69) is 61.1 Å². The van der Waals surface area contributed by atoms with Crippen molar-refractivity contribution in [3.8, 4) is 22.4 Å². The lowest BCUT2D eigenvalue weighted by Crippen LogP contribution is -2.12. The van der Waals surface area contributed by atoms with Gasteiger partial charge in [0.25, 0.3) is 0 Å². The van der Waals surface area contributed by atoms with Crippen LogP contribution >= 0.6 is 0 Å². The Bertz CT molecular complexity index is 754. The lowest BCUT2D eigenvalue weighted by atomic mass is 9.91. The van der Waals surface area contributed by atoms with Crippen LogP contribution in [0, 0.1) is 0 Å². The molecule has 22 heavy (non-hydrogen) atoms. The van der Waals surface area contributed by atoms with Crippen molar-refractivity contribution in [2.45, 2.75) is 26.2 Å². The monoisotopic (exact) mass is 288 g/mol. The quantitative estimate of drug-likeness (QED) is 0.655. The molecule has 2 nitrogen and oxygen atoms in total. The Labute approximate surface area is 131 Å². The van der Waals surface area contributed by atoms with Gasteiger partial charge in [-0.3, -0.25) is 9.97 Å². The molecule has 2 heterocycles. The minimum absolute atomic E-state index is 0.0754. The summed E-state index contributed by atoms with van der Waals surface area (Å²) in [6.45, 7) is 6.53. The van der Waals surface area contributed by atoms with E-state index in [1.807, 2.05) is 36.7 Å². The van der Waals surface area contributed by atoms with Gasteiger partial charge in [-0.25, -0.2) is 0 Å². The number of hydrogen-bond donors (Lipinski definition) is 0. The second kappa shape index (κ2) is 5.72. The van der Waals surface area contributed by atoms with E-state index in [-0.39, 0.29) is 5.41 Å². The molecule has 0 atom stereocenters. The summed E-state index contributed by atoms with van der Waals surface area (Å²) in [5.74, 6) is 0. The first-order valence-electron chi connectivity index (χ1n) is 7.52. The summed E-state index contributed by atoms with van der Waals surface area (Å²) in [7, 11) is 0. The van der Waals surface area contributed by atoms with E-state index in [1.54, 1.807) is 0 Å². The van der Waals surface area contributed by atoms with E-state index in [0.717, 1.165) is 28.1 Å². The lowest BCUT2D eigenvalue weighted by molar-refractivity contribution is 0.569. The molecule has 2 aromatic heterocycles. The Hall–Kier alpha value is -2.48. The third-order valence-electron chi connectivity index (χ3n) is 3.69. The van der Waals surface area contributed by atoms with Gasteiger partial charge in [-0.05, 0) is 23.8 Å². The number of nitrogens with zero attached hydrogens (tertiary/aromatic N) is 2. The maximum absolute atomic E-state index is 4.61. The SMILES string of the molecule is CC(C)(C)c1ccc(-c2ccnc(-c3ccccc3)c2)cn1. The molecule has 0 saturated heterocycles. The average Bonchev–Trinajstić information content (AvgIpc) is 2.55. The Morgan fingerprint density at radius 2 is 1.50 bits per heavy atom. The highest BCUT2D eigenvalue weighted by Gasteiger charge is 2.15. The summed E-state index contributed by atoms with van der Waals surface area (Å²) in [5, 5.41) is 0. The fourth-order valence-corrected chi connectivity index (χ4v) is 2.39. The summed E-state index contributed by atoms with van der Waals surface area (Å²) in [6.07, 6.45) is 3.81. The number of benzene rings is 1. The largest absolute Gasteiger partial charge is 0.260 e. The van der Waals surface area contributed by atoms with Crippen LogP contribution in [0.3, 0.4) is 0 Å². The van der Waals surface area contributed by atoms with Crippen LogP contribution in [0.15, 0.2) is 67.0 Å². The molecular formula is C20H20N2. The van der Waals surface area contributed by atoms with Crippen LogP contribution in [0.25, 0.3) is 22.4 Å². The highest BCUT2D eigenvalue weighted by molar-refractivity contribution is 5.69. The van der Waals surface area contributed by atoms with Crippen LogP contribution in [0.1, 0.15) is 26.5 Å². The normalized spacial score (nSPS) is 11.4. The molecule has 3 aromatic rings. The summed E-state index contributed by atoms with van der Waals surface area (Å²) < 4.78 is 0. The van der Waals surface area contributed by atoms with Gasteiger partial charge in [0.1, 0.15) is 0 Å². The Morgan fingerprint density at radius 1 is 0.727 bits per heavy atom. The summed E-state index contributed by atoms with van der Waals surface area (Å²) >= 11 is 0. The minimum atomic E-state index is 0.0754. The fourth-order valence-electron chi connectivity index (χ4n) is 2.39. The van der Waals surface area contributed by atoms with Crippen molar-refractivity contribution >= 4 is 0 Å². The van der Waals surface area contributed by atoms with Crippen LogP contribution in [0.2, 0.25) is 0 Å². The van der Waals surface area contributed by atoms with E-state index >= 15 is 0 Å². The molecule has 0 saturated carbocycles. The number of rotatable bonds is 2. The maximum Gasteiger partial charge on any atom is 0.0708 e. The van der Waals surface area contributed by atoms with E-state index < -0.39 is 0 Å². The molecule has 0 aliphatic heterocycles. The zero-order valence-electron chi connectivity index (χ0n) is 13.2. The topological polar surface area (TPSA) is 25.8 Å². The maximum atomic E-state index is 4.61. The summed E-state index contributed by atoms with van der Waals surface area (Å²) in [5.41, 5.74) is 5.55. The van der Waals surface area contributed by atoms with Crippen molar-refractivity contribution in [1.29, 1.82) is 0 Å². The molecule has 0 fully saturated rings. The molecule has 1 aromatic carbocycles. The number of pyridine rings is 2. The molecule has 2 heteroatoms. The molecule has 0 aliphatic rings. The minimum Gasteiger partial charge on any atom is -0.260 e. The first-order chi connectivity index (χ1) is 10.5. The van der Waals surface area contributed by atoms with Gasteiger partial charge in [-0.15, -0.1) is 0 Å². The van der Waals surface area contributed by atoms with Crippen LogP contribution in [0.5, 0.6) is 0 Å². The highest BCUT2D eigenvalue weighted by Crippen LogP contribution is 2.26. The predicted molar refractivity (Wildman–Crippen MR) is 91.6 cm³/mol. The molecule has 0 amide bonds. The van der Waals surface area contributed by atoms with Gasteiger partial charge in [0, 0.05) is 34.6 Å². The number of aromatic nitrogens is 2. The van der Waals surface area contributed by atoms with Gasteiger partial charge < -0.3 is 0 Å². The predicted octanol–water partition coefficient (Wildman–Crippen LogP) is 5.11. The van der Waals surface area contributed by atoms with Crippen molar-refractivity contribution in [3.05, 3.63) is 72.7 Å². The molecule has 110 valence electrons. The van der Waals surface area contributed by atoms with E-state index in [1.165, 1.54) is 0 Å². The van der Waals surface area contributed by atoms with E-state index in [9.17, 15) is 0 Å². The molecule has 0 radical (unpaired) electrons. The first kappa shape index (κ1) is 14.5. The van der Waals surface area contributed by atoms with Gasteiger partial charge in [-0.1, -0.05) is 57.2 Å². The van der Waals surface area contributed by atoms with Gasteiger partial charge in [-0.2, -0.15) is 0 Å². The lowest BCUT2D eigenvalue weighted by Gasteiger charge is -2.17. The van der Waals surface area contributed by atoms with Gasteiger partial charge in [0.15, 0.2) is 0 Å². The molecule has 0 unspecified atom stereocenters. The molecule has 0 aliphatic carbocycles. The molecule has 0 bridgehead atoms.